The summed E-state index contributed by atoms with van der Waals surface area (Å²) in [6.45, 7) is 17.0. The van der Waals surface area contributed by atoms with Crippen LogP contribution in [0.5, 0.6) is 0 Å². The van der Waals surface area contributed by atoms with Crippen LogP contribution in [-0.4, -0.2) is 49.6 Å². The van der Waals surface area contributed by atoms with Gasteiger partial charge >= 0.3 is 0 Å². The molecule has 16 heavy (non-hydrogen) atoms. The molecule has 0 aliphatic rings. The zero-order chi connectivity index (χ0) is 12.8. The lowest BCUT2D eigenvalue weighted by Gasteiger charge is -2.23. The highest BCUT2D eigenvalue weighted by atomic mass is 15.2. The van der Waals surface area contributed by atoms with Gasteiger partial charge in [0.15, 0.2) is 0 Å². The number of likely N-dealkylation sites (N-methyl/N-ethyl adjacent to an activating group) is 2. The smallest absolute Gasteiger partial charge is 0.0109 e. The Morgan fingerprint density at radius 2 is 1.31 bits per heavy atom. The highest BCUT2D eigenvalue weighted by molar-refractivity contribution is 4.58. The van der Waals surface area contributed by atoms with Gasteiger partial charge in [-0.1, -0.05) is 47.5 Å². The zero-order valence-corrected chi connectivity index (χ0v) is 12.6. The monoisotopic (exact) mass is 230 g/mol. The van der Waals surface area contributed by atoms with Gasteiger partial charge in [-0.15, -0.1) is 0 Å². The van der Waals surface area contributed by atoms with Crippen LogP contribution in [0.15, 0.2) is 0 Å². The molecular weight excluding hydrogens is 196 g/mol. The van der Waals surface area contributed by atoms with E-state index in [1.807, 2.05) is 0 Å². The van der Waals surface area contributed by atoms with Gasteiger partial charge in [0.25, 0.3) is 0 Å². The molecule has 0 aliphatic heterocycles. The average molecular weight is 230 g/mol. The molecular formula is C14H34N2. The first kappa shape index (κ1) is 18.3. The second-order valence-corrected chi connectivity index (χ2v) is 4.39. The Hall–Kier alpha value is -0.0800. The van der Waals surface area contributed by atoms with Gasteiger partial charge in [0.05, 0.1) is 0 Å². The quantitative estimate of drug-likeness (QED) is 0.630. The van der Waals surface area contributed by atoms with E-state index in [1.165, 1.54) is 45.4 Å². The van der Waals surface area contributed by atoms with Crippen LogP contribution in [0.2, 0.25) is 0 Å². The molecule has 0 spiro atoms. The number of unbranched alkanes of at least 4 members (excludes halogenated alkanes) is 1. The Labute approximate surface area is 104 Å². The Morgan fingerprint density at radius 3 is 1.69 bits per heavy atom. The van der Waals surface area contributed by atoms with E-state index >= 15 is 0 Å². The van der Waals surface area contributed by atoms with Crippen LogP contribution in [0.4, 0.5) is 0 Å². The van der Waals surface area contributed by atoms with Crippen molar-refractivity contribution in [3.63, 3.8) is 0 Å². The van der Waals surface area contributed by atoms with Gasteiger partial charge in [0.1, 0.15) is 0 Å². The molecule has 0 saturated carbocycles. The molecule has 0 amide bonds. The molecule has 0 aromatic carbocycles. The minimum absolute atomic E-state index is 1.16. The summed E-state index contributed by atoms with van der Waals surface area (Å²) >= 11 is 0. The second kappa shape index (κ2) is 14.9. The highest BCUT2D eigenvalue weighted by Gasteiger charge is 2.02. The summed E-state index contributed by atoms with van der Waals surface area (Å²) in [6.07, 6.45) is 3.89. The summed E-state index contributed by atoms with van der Waals surface area (Å²) in [5.74, 6) is 0. The van der Waals surface area contributed by atoms with E-state index in [0.717, 1.165) is 6.54 Å². The van der Waals surface area contributed by atoms with Gasteiger partial charge in [-0.3, -0.25) is 0 Å². The van der Waals surface area contributed by atoms with Gasteiger partial charge in [-0.05, 0) is 33.1 Å². The first-order valence-electron chi connectivity index (χ1n) is 7.06. The first-order valence-corrected chi connectivity index (χ1v) is 7.06. The Balaban J connectivity index is 0. The third-order valence-electron chi connectivity index (χ3n) is 2.61. The number of hydrogen-bond acceptors (Lipinski definition) is 2. The SMILES string of the molecule is CCC.CCCCN(CC)CCN(C)CC. The van der Waals surface area contributed by atoms with Crippen LogP contribution >= 0.6 is 0 Å². The van der Waals surface area contributed by atoms with Crippen molar-refractivity contribution < 1.29 is 0 Å². The summed E-state index contributed by atoms with van der Waals surface area (Å²) in [5, 5.41) is 0. The summed E-state index contributed by atoms with van der Waals surface area (Å²) in [5.41, 5.74) is 0. The predicted molar refractivity (Wildman–Crippen MR) is 76.2 cm³/mol. The van der Waals surface area contributed by atoms with Gasteiger partial charge in [0.2, 0.25) is 0 Å². The maximum absolute atomic E-state index is 2.54. The fourth-order valence-electron chi connectivity index (χ4n) is 1.28. The maximum atomic E-state index is 2.54. The van der Waals surface area contributed by atoms with Gasteiger partial charge in [-0.25, -0.2) is 0 Å². The maximum Gasteiger partial charge on any atom is 0.0109 e. The molecule has 0 aliphatic carbocycles. The molecule has 0 bridgehead atoms. The Kier molecular flexibility index (Phi) is 17.1. The topological polar surface area (TPSA) is 6.48 Å². The minimum atomic E-state index is 1.16. The summed E-state index contributed by atoms with van der Waals surface area (Å²) in [7, 11) is 2.19. The number of hydrogen-bond donors (Lipinski definition) is 0. The van der Waals surface area contributed by atoms with Crippen molar-refractivity contribution in [2.24, 2.45) is 0 Å². The minimum Gasteiger partial charge on any atom is -0.305 e. The molecule has 2 heteroatoms. The summed E-state index contributed by atoms with van der Waals surface area (Å²) in [6, 6.07) is 0. The van der Waals surface area contributed by atoms with Crippen LogP contribution in [-0.2, 0) is 0 Å². The largest absolute Gasteiger partial charge is 0.305 e. The van der Waals surface area contributed by atoms with Crippen LogP contribution in [0.25, 0.3) is 0 Å². The molecule has 0 heterocycles. The average Bonchev–Trinajstić information content (AvgIpc) is 2.30. The molecule has 0 radical (unpaired) electrons. The van der Waals surface area contributed by atoms with Crippen molar-refractivity contribution in [1.82, 2.24) is 9.80 Å². The molecule has 0 saturated heterocycles. The van der Waals surface area contributed by atoms with Crippen molar-refractivity contribution in [2.75, 3.05) is 39.8 Å². The van der Waals surface area contributed by atoms with E-state index < -0.39 is 0 Å². The fraction of sp³-hybridized carbons (Fsp3) is 1.00. The highest BCUT2D eigenvalue weighted by Crippen LogP contribution is 1.95. The van der Waals surface area contributed by atoms with Crippen molar-refractivity contribution >= 4 is 0 Å². The van der Waals surface area contributed by atoms with E-state index in [-0.39, 0.29) is 0 Å². The lowest BCUT2D eigenvalue weighted by molar-refractivity contribution is 0.235. The summed E-state index contributed by atoms with van der Waals surface area (Å²) < 4.78 is 0. The van der Waals surface area contributed by atoms with Crippen LogP contribution in [0, 0.1) is 0 Å². The zero-order valence-electron chi connectivity index (χ0n) is 12.6. The van der Waals surface area contributed by atoms with Crippen molar-refractivity contribution in [2.45, 2.75) is 53.9 Å². The Bertz CT molecular complexity index is 115. The predicted octanol–water partition coefficient (Wildman–Crippen LogP) is 3.48. The lowest BCUT2D eigenvalue weighted by Crippen LogP contribution is -2.33. The molecule has 100 valence electrons. The van der Waals surface area contributed by atoms with Crippen molar-refractivity contribution in [3.8, 4) is 0 Å². The normalized spacial score (nSPS) is 10.5. The van der Waals surface area contributed by atoms with E-state index in [4.69, 9.17) is 0 Å². The van der Waals surface area contributed by atoms with Gasteiger partial charge in [0, 0.05) is 13.1 Å². The summed E-state index contributed by atoms with van der Waals surface area (Å²) in [4.78, 5) is 4.91. The van der Waals surface area contributed by atoms with E-state index in [0.29, 0.717) is 0 Å². The van der Waals surface area contributed by atoms with Gasteiger partial charge in [-0.2, -0.15) is 0 Å². The molecule has 2 nitrogen and oxygen atoms in total. The molecule has 0 aromatic heterocycles. The number of rotatable bonds is 8. The third kappa shape index (κ3) is 13.9. The molecule has 0 N–H and O–H groups in total. The lowest BCUT2D eigenvalue weighted by atomic mass is 10.3. The Morgan fingerprint density at radius 1 is 0.750 bits per heavy atom. The second-order valence-electron chi connectivity index (χ2n) is 4.39. The molecule has 0 aromatic rings. The van der Waals surface area contributed by atoms with E-state index in [9.17, 15) is 0 Å². The van der Waals surface area contributed by atoms with Crippen LogP contribution in [0.1, 0.15) is 53.9 Å². The first-order chi connectivity index (χ1) is 7.65. The van der Waals surface area contributed by atoms with Crippen LogP contribution < -0.4 is 0 Å². The van der Waals surface area contributed by atoms with Gasteiger partial charge < -0.3 is 9.80 Å². The molecule has 0 rings (SSSR count). The third-order valence-corrected chi connectivity index (χ3v) is 2.61. The molecule has 0 atom stereocenters. The van der Waals surface area contributed by atoms with Crippen LogP contribution in [0.3, 0.4) is 0 Å². The van der Waals surface area contributed by atoms with E-state index in [2.05, 4.69) is 51.5 Å². The number of nitrogens with zero attached hydrogens (tertiary/aromatic N) is 2. The fourth-order valence-corrected chi connectivity index (χ4v) is 1.28. The van der Waals surface area contributed by atoms with E-state index in [1.54, 1.807) is 0 Å². The molecule has 0 fully saturated rings. The standard InChI is InChI=1S/C11H26N2.C3H8/c1-5-8-9-13(7-3)11-10-12(4)6-2;1-3-2/h5-11H2,1-4H3;3H2,1-2H3. The van der Waals surface area contributed by atoms with Crippen molar-refractivity contribution in [1.29, 1.82) is 0 Å². The molecule has 0 unspecified atom stereocenters. The van der Waals surface area contributed by atoms with Crippen molar-refractivity contribution in [3.05, 3.63) is 0 Å².